The number of carboxylic acid groups (broad SMARTS) is 2. The van der Waals surface area contributed by atoms with Gasteiger partial charge in [-0.1, -0.05) is 30.3 Å². The predicted octanol–water partition coefficient (Wildman–Crippen LogP) is 1.72. The van der Waals surface area contributed by atoms with Crippen LogP contribution < -0.4 is 10.2 Å². The molecule has 244 valence electrons. The summed E-state index contributed by atoms with van der Waals surface area (Å²) in [6.45, 7) is 4.15. The highest BCUT2D eigenvalue weighted by atomic mass is 16.6. The first-order valence-corrected chi connectivity index (χ1v) is 14.7. The van der Waals surface area contributed by atoms with Crippen LogP contribution in [0, 0.1) is 0 Å². The summed E-state index contributed by atoms with van der Waals surface area (Å²) in [5.41, 5.74) is 0.811. The molecule has 2 aliphatic heterocycles. The van der Waals surface area contributed by atoms with Crippen LogP contribution in [0.15, 0.2) is 36.4 Å². The average molecular weight is 629 g/mol. The van der Waals surface area contributed by atoms with Gasteiger partial charge < -0.3 is 39.7 Å². The van der Waals surface area contributed by atoms with E-state index in [9.17, 15) is 24.3 Å². The number of benzene rings is 1. The van der Waals surface area contributed by atoms with Crippen LogP contribution in [0.1, 0.15) is 43.1 Å². The second kappa shape index (κ2) is 17.5. The monoisotopic (exact) mass is 628 g/mol. The van der Waals surface area contributed by atoms with Crippen molar-refractivity contribution in [3.8, 4) is 11.4 Å². The molecule has 4 rings (SSSR count). The van der Waals surface area contributed by atoms with Gasteiger partial charge in [-0.2, -0.15) is 0 Å². The Hall–Kier alpha value is -4.79. The zero-order chi connectivity index (χ0) is 32.8. The van der Waals surface area contributed by atoms with Gasteiger partial charge in [0.05, 0.1) is 12.7 Å². The number of nitrogens with one attached hydrogen (secondary N) is 1. The molecular formula is C30H40N6O9. The molecule has 2 aliphatic rings. The lowest BCUT2D eigenvalue weighted by molar-refractivity contribution is -0.138. The van der Waals surface area contributed by atoms with Crippen molar-refractivity contribution < 1.29 is 43.7 Å². The van der Waals surface area contributed by atoms with Gasteiger partial charge in [0.15, 0.2) is 5.82 Å². The smallest absolute Gasteiger partial charge is 0.409 e. The van der Waals surface area contributed by atoms with E-state index in [1.807, 2.05) is 30.3 Å². The van der Waals surface area contributed by atoms with Crippen LogP contribution >= 0.6 is 0 Å². The fourth-order valence-electron chi connectivity index (χ4n) is 5.05. The molecule has 0 saturated carbocycles. The van der Waals surface area contributed by atoms with E-state index in [-0.39, 0.29) is 63.9 Å². The molecular weight excluding hydrogens is 588 g/mol. The van der Waals surface area contributed by atoms with Gasteiger partial charge >= 0.3 is 12.1 Å². The number of ether oxygens (including phenoxy) is 2. The zero-order valence-electron chi connectivity index (χ0n) is 25.5. The molecule has 2 fully saturated rings. The highest BCUT2D eigenvalue weighted by Gasteiger charge is 2.31. The van der Waals surface area contributed by atoms with Crippen molar-refractivity contribution in [2.24, 2.45) is 0 Å². The molecule has 0 aliphatic carbocycles. The summed E-state index contributed by atoms with van der Waals surface area (Å²) in [7, 11) is 1.70. The second-order valence-corrected chi connectivity index (χ2v) is 10.3. The minimum atomic E-state index is -1.08. The molecule has 0 radical (unpaired) electrons. The van der Waals surface area contributed by atoms with Crippen molar-refractivity contribution in [2.75, 3.05) is 57.9 Å². The van der Waals surface area contributed by atoms with Crippen molar-refractivity contribution in [3.63, 3.8) is 0 Å². The number of carbonyl (C=O) groups excluding carboxylic acids is 3. The molecule has 15 nitrogen and oxygen atoms in total. The van der Waals surface area contributed by atoms with E-state index in [1.165, 1.54) is 9.80 Å². The van der Waals surface area contributed by atoms with E-state index in [1.54, 1.807) is 20.1 Å². The Morgan fingerprint density at radius 2 is 1.64 bits per heavy atom. The van der Waals surface area contributed by atoms with Crippen molar-refractivity contribution in [2.45, 2.75) is 44.8 Å². The second-order valence-electron chi connectivity index (χ2n) is 10.3. The number of nitrogens with zero attached hydrogens (tertiary/aromatic N) is 5. The number of rotatable bonds is 10. The maximum Gasteiger partial charge on any atom is 0.409 e. The fraction of sp³-hybridized carbons (Fsp3) is 0.500. The molecule has 1 atom stereocenters. The van der Waals surface area contributed by atoms with Crippen LogP contribution in [0.3, 0.4) is 0 Å². The standard InChI is InChI=1S/C29H38N6O7.CH2O2/c1-3-42-29(40)35-17-15-34(16-18-35)28(39)22(9-10-25(36)37)31-27(38)23-19-24(33-13-11-21(41-2)12-14-33)32-26(30-23)20-7-5-4-6-8-20;2-1-3/h4-8,19,21-22H,3,9-18H2,1-2H3,(H,31,38)(H,36,37);1H,(H,2,3)/t22-;/m0./s1. The minimum Gasteiger partial charge on any atom is -0.483 e. The number of anilines is 1. The molecule has 0 bridgehead atoms. The molecule has 3 N–H and O–H groups in total. The van der Waals surface area contributed by atoms with Crippen LogP contribution in [-0.4, -0.2) is 125 Å². The maximum absolute atomic E-state index is 13.6. The van der Waals surface area contributed by atoms with Gasteiger partial charge in [-0.3, -0.25) is 19.2 Å². The van der Waals surface area contributed by atoms with E-state index in [2.05, 4.69) is 15.2 Å². The lowest BCUT2D eigenvalue weighted by atomic mass is 10.1. The summed E-state index contributed by atoms with van der Waals surface area (Å²) < 4.78 is 10.5. The number of aliphatic carboxylic acids is 1. The number of hydrogen-bond donors (Lipinski definition) is 3. The van der Waals surface area contributed by atoms with E-state index in [0.717, 1.165) is 18.4 Å². The van der Waals surface area contributed by atoms with Gasteiger partial charge in [0.1, 0.15) is 17.6 Å². The Bertz CT molecular complexity index is 1300. The third-order valence-electron chi connectivity index (χ3n) is 7.44. The van der Waals surface area contributed by atoms with E-state index >= 15 is 0 Å². The molecule has 3 heterocycles. The molecule has 1 aromatic carbocycles. The van der Waals surface area contributed by atoms with E-state index < -0.39 is 29.9 Å². The number of hydrogen-bond acceptors (Lipinski definition) is 10. The first-order valence-electron chi connectivity index (χ1n) is 14.7. The quantitative estimate of drug-likeness (QED) is 0.323. The number of piperazine rings is 1. The van der Waals surface area contributed by atoms with Gasteiger partial charge in [0.2, 0.25) is 5.91 Å². The van der Waals surface area contributed by atoms with E-state index in [0.29, 0.717) is 24.7 Å². The Morgan fingerprint density at radius 3 is 2.22 bits per heavy atom. The number of carboxylic acids is 1. The predicted molar refractivity (Wildman–Crippen MR) is 162 cm³/mol. The van der Waals surface area contributed by atoms with Crippen molar-refractivity contribution in [1.29, 1.82) is 0 Å². The van der Waals surface area contributed by atoms with E-state index in [4.69, 9.17) is 24.4 Å². The minimum absolute atomic E-state index is 0.0768. The van der Waals surface area contributed by atoms with Crippen LogP contribution in [0.4, 0.5) is 10.6 Å². The number of methoxy groups -OCH3 is 1. The lowest BCUT2D eigenvalue weighted by Crippen LogP contribution is -2.56. The number of amides is 3. The third-order valence-corrected chi connectivity index (χ3v) is 7.44. The normalized spacial score (nSPS) is 15.7. The highest BCUT2D eigenvalue weighted by molar-refractivity contribution is 5.97. The molecule has 3 amide bonds. The molecule has 2 aromatic rings. The maximum atomic E-state index is 13.6. The highest BCUT2D eigenvalue weighted by Crippen LogP contribution is 2.24. The Balaban J connectivity index is 0.00000177. The molecule has 0 unspecified atom stereocenters. The Morgan fingerprint density at radius 1 is 1.02 bits per heavy atom. The largest absolute Gasteiger partial charge is 0.483 e. The first-order chi connectivity index (χ1) is 21.7. The number of carbonyl (C=O) groups is 5. The van der Waals surface area contributed by atoms with Gasteiger partial charge in [-0.05, 0) is 26.2 Å². The SMILES string of the molecule is CCOC(=O)N1CCN(C(=O)[C@H](CCC(=O)O)NC(=O)c2cc(N3CCC(OC)CC3)nc(-c3ccccc3)n2)CC1.O=CO. The Labute approximate surface area is 261 Å². The zero-order valence-corrected chi connectivity index (χ0v) is 25.5. The van der Waals surface area contributed by atoms with Crippen LogP contribution in [0.5, 0.6) is 0 Å². The Kier molecular flexibility index (Phi) is 13.5. The third kappa shape index (κ3) is 10.1. The van der Waals surface area contributed by atoms with Crippen molar-refractivity contribution >= 4 is 36.2 Å². The van der Waals surface area contributed by atoms with Crippen molar-refractivity contribution in [3.05, 3.63) is 42.1 Å². The average Bonchev–Trinajstić information content (AvgIpc) is 3.07. The summed E-state index contributed by atoms with van der Waals surface area (Å²) >= 11 is 0. The number of piperidine rings is 1. The molecule has 1 aromatic heterocycles. The van der Waals surface area contributed by atoms with Gasteiger partial charge in [0, 0.05) is 64.4 Å². The fourth-order valence-corrected chi connectivity index (χ4v) is 5.05. The van der Waals surface area contributed by atoms with Crippen molar-refractivity contribution in [1.82, 2.24) is 25.1 Å². The summed E-state index contributed by atoms with van der Waals surface area (Å²) in [5, 5.41) is 18.9. The molecule has 2 saturated heterocycles. The summed E-state index contributed by atoms with van der Waals surface area (Å²) in [6.07, 6.45) is 0.959. The first kappa shape index (κ1) is 34.7. The summed E-state index contributed by atoms with van der Waals surface area (Å²) in [4.78, 5) is 73.2. The molecule has 0 spiro atoms. The van der Waals surface area contributed by atoms with Crippen LogP contribution in [0.25, 0.3) is 11.4 Å². The topological polar surface area (TPSA) is 192 Å². The van der Waals surface area contributed by atoms with Crippen LogP contribution in [-0.2, 0) is 23.9 Å². The summed E-state index contributed by atoms with van der Waals surface area (Å²) in [6, 6.07) is 9.82. The van der Waals surface area contributed by atoms with Gasteiger partial charge in [-0.25, -0.2) is 14.8 Å². The molecule has 15 heteroatoms. The van der Waals surface area contributed by atoms with Crippen LogP contribution in [0.2, 0.25) is 0 Å². The molecule has 45 heavy (non-hydrogen) atoms. The summed E-state index contributed by atoms with van der Waals surface area (Å²) in [5.74, 6) is -1.13. The lowest BCUT2D eigenvalue weighted by Gasteiger charge is -2.36. The van der Waals surface area contributed by atoms with Gasteiger partial charge in [0.25, 0.3) is 12.4 Å². The van der Waals surface area contributed by atoms with Gasteiger partial charge in [-0.15, -0.1) is 0 Å². The number of aromatic nitrogens is 2.